The molecule has 0 saturated heterocycles. The zero-order valence-corrected chi connectivity index (χ0v) is 8.06. The van der Waals surface area contributed by atoms with Gasteiger partial charge in [-0.3, -0.25) is 4.79 Å². The molecule has 0 aromatic carbocycles. The molecule has 0 saturated carbocycles. The maximum Gasteiger partial charge on any atom is 0.258 e. The lowest BCUT2D eigenvalue weighted by atomic mass is 10.3. The van der Waals surface area contributed by atoms with E-state index in [1.54, 1.807) is 12.3 Å². The average molecular weight is 216 g/mol. The molecule has 2 aromatic heterocycles. The molecule has 0 bridgehead atoms. The van der Waals surface area contributed by atoms with E-state index in [9.17, 15) is 4.79 Å². The van der Waals surface area contributed by atoms with Crippen LogP contribution in [-0.2, 0) is 0 Å². The molecule has 0 aliphatic carbocycles. The standard InChI is InChI=1S/C7H5N3OS.ClH/c8-6(11)5-1-4-2-9-3-10-7(4)12-5;/h1-3H,(H2,8,11);1H. The minimum Gasteiger partial charge on any atom is -0.365 e. The summed E-state index contributed by atoms with van der Waals surface area (Å²) in [6.45, 7) is 0. The Balaban J connectivity index is 0.000000845. The highest BCUT2D eigenvalue weighted by molar-refractivity contribution is 7.20. The van der Waals surface area contributed by atoms with Crippen LogP contribution in [0.4, 0.5) is 0 Å². The topological polar surface area (TPSA) is 68.9 Å². The molecule has 2 aromatic rings. The van der Waals surface area contributed by atoms with Crippen molar-refractivity contribution in [3.8, 4) is 0 Å². The van der Waals surface area contributed by atoms with Crippen LogP contribution in [0.25, 0.3) is 10.2 Å². The first-order chi connectivity index (χ1) is 5.77. The van der Waals surface area contributed by atoms with Crippen molar-refractivity contribution < 1.29 is 4.79 Å². The van der Waals surface area contributed by atoms with Gasteiger partial charge >= 0.3 is 0 Å². The largest absolute Gasteiger partial charge is 0.365 e. The second-order valence-corrected chi connectivity index (χ2v) is 3.29. The first-order valence-electron chi connectivity index (χ1n) is 3.27. The van der Waals surface area contributed by atoms with Crippen LogP contribution in [-0.4, -0.2) is 15.9 Å². The molecule has 6 heteroatoms. The Hall–Kier alpha value is -1.20. The van der Waals surface area contributed by atoms with Gasteiger partial charge in [-0.05, 0) is 6.07 Å². The number of carbonyl (C=O) groups excluding carboxylic acids is 1. The Morgan fingerprint density at radius 1 is 1.54 bits per heavy atom. The van der Waals surface area contributed by atoms with Gasteiger partial charge in [0, 0.05) is 11.6 Å². The Morgan fingerprint density at radius 2 is 2.31 bits per heavy atom. The number of hydrogen-bond donors (Lipinski definition) is 1. The van der Waals surface area contributed by atoms with Crippen molar-refractivity contribution in [2.75, 3.05) is 0 Å². The molecule has 0 aliphatic heterocycles. The van der Waals surface area contributed by atoms with Gasteiger partial charge in [0.2, 0.25) is 0 Å². The maximum absolute atomic E-state index is 10.8. The molecule has 68 valence electrons. The second kappa shape index (κ2) is 3.68. The monoisotopic (exact) mass is 215 g/mol. The van der Waals surface area contributed by atoms with Crippen molar-refractivity contribution in [3.05, 3.63) is 23.5 Å². The summed E-state index contributed by atoms with van der Waals surface area (Å²) in [5.41, 5.74) is 5.10. The average Bonchev–Trinajstić information content (AvgIpc) is 2.46. The third kappa shape index (κ3) is 1.76. The zero-order valence-electron chi connectivity index (χ0n) is 6.43. The van der Waals surface area contributed by atoms with Gasteiger partial charge < -0.3 is 5.73 Å². The van der Waals surface area contributed by atoms with E-state index in [0.29, 0.717) is 4.88 Å². The first kappa shape index (κ1) is 9.88. The Labute approximate surface area is 84.2 Å². The van der Waals surface area contributed by atoms with E-state index in [0.717, 1.165) is 10.2 Å². The summed E-state index contributed by atoms with van der Waals surface area (Å²) in [5, 5.41) is 0.858. The van der Waals surface area contributed by atoms with Gasteiger partial charge in [-0.15, -0.1) is 23.7 Å². The molecular weight excluding hydrogens is 210 g/mol. The summed E-state index contributed by atoms with van der Waals surface area (Å²) in [4.78, 5) is 19.9. The summed E-state index contributed by atoms with van der Waals surface area (Å²) in [7, 11) is 0. The highest BCUT2D eigenvalue weighted by Crippen LogP contribution is 2.21. The van der Waals surface area contributed by atoms with Crippen molar-refractivity contribution in [1.82, 2.24) is 9.97 Å². The number of amides is 1. The molecule has 0 aliphatic rings. The third-order valence-electron chi connectivity index (χ3n) is 1.44. The fourth-order valence-corrected chi connectivity index (χ4v) is 1.73. The molecule has 0 atom stereocenters. The second-order valence-electron chi connectivity index (χ2n) is 2.26. The summed E-state index contributed by atoms with van der Waals surface area (Å²) in [6, 6.07) is 1.70. The molecular formula is C7H6ClN3OS. The maximum atomic E-state index is 10.8. The molecule has 0 fully saturated rings. The Kier molecular flexibility index (Phi) is 2.79. The lowest BCUT2D eigenvalue weighted by Gasteiger charge is -1.81. The summed E-state index contributed by atoms with van der Waals surface area (Å²) < 4.78 is 0. The molecule has 13 heavy (non-hydrogen) atoms. The highest BCUT2D eigenvalue weighted by atomic mass is 35.5. The van der Waals surface area contributed by atoms with E-state index in [1.165, 1.54) is 17.7 Å². The summed E-state index contributed by atoms with van der Waals surface area (Å²) >= 11 is 1.28. The number of hydrogen-bond acceptors (Lipinski definition) is 4. The van der Waals surface area contributed by atoms with Crippen LogP contribution in [0.15, 0.2) is 18.6 Å². The molecule has 0 unspecified atom stereocenters. The number of nitrogens with zero attached hydrogens (tertiary/aromatic N) is 2. The van der Waals surface area contributed by atoms with Crippen LogP contribution in [0, 0.1) is 0 Å². The molecule has 2 rings (SSSR count). The number of primary amides is 1. The van der Waals surface area contributed by atoms with E-state index in [1.807, 2.05) is 0 Å². The van der Waals surface area contributed by atoms with Crippen LogP contribution in [0.2, 0.25) is 0 Å². The number of fused-ring (bicyclic) bond motifs is 1. The number of carbonyl (C=O) groups is 1. The normalized spacial score (nSPS) is 9.54. The molecule has 2 heterocycles. The molecule has 0 spiro atoms. The van der Waals surface area contributed by atoms with E-state index < -0.39 is 5.91 Å². The van der Waals surface area contributed by atoms with Crippen LogP contribution < -0.4 is 5.73 Å². The van der Waals surface area contributed by atoms with Crippen molar-refractivity contribution in [2.45, 2.75) is 0 Å². The lowest BCUT2D eigenvalue weighted by molar-refractivity contribution is 0.100. The summed E-state index contributed by atoms with van der Waals surface area (Å²) in [5.74, 6) is -0.419. The lowest BCUT2D eigenvalue weighted by Crippen LogP contribution is -2.07. The Bertz CT molecular complexity index is 409. The van der Waals surface area contributed by atoms with Crippen LogP contribution in [0.5, 0.6) is 0 Å². The highest BCUT2D eigenvalue weighted by Gasteiger charge is 2.06. The minimum absolute atomic E-state index is 0. The van der Waals surface area contributed by atoms with E-state index in [2.05, 4.69) is 9.97 Å². The van der Waals surface area contributed by atoms with Crippen molar-refractivity contribution >= 4 is 39.9 Å². The number of aromatic nitrogens is 2. The fourth-order valence-electron chi connectivity index (χ4n) is 0.910. The van der Waals surface area contributed by atoms with Gasteiger partial charge in [0.25, 0.3) is 5.91 Å². The van der Waals surface area contributed by atoms with Crippen LogP contribution >= 0.6 is 23.7 Å². The van der Waals surface area contributed by atoms with Crippen molar-refractivity contribution in [1.29, 1.82) is 0 Å². The van der Waals surface area contributed by atoms with Crippen LogP contribution in [0.1, 0.15) is 9.67 Å². The molecule has 0 radical (unpaired) electrons. The predicted octanol–water partition coefficient (Wildman–Crippen LogP) is 1.21. The Morgan fingerprint density at radius 3 is 2.92 bits per heavy atom. The zero-order chi connectivity index (χ0) is 8.55. The molecule has 4 nitrogen and oxygen atoms in total. The predicted molar refractivity (Wildman–Crippen MR) is 53.2 cm³/mol. The minimum atomic E-state index is -0.419. The van der Waals surface area contributed by atoms with Gasteiger partial charge in [-0.25, -0.2) is 9.97 Å². The van der Waals surface area contributed by atoms with Gasteiger partial charge in [0.05, 0.1) is 4.88 Å². The third-order valence-corrected chi connectivity index (χ3v) is 2.51. The number of nitrogens with two attached hydrogens (primary N) is 1. The number of halogens is 1. The quantitative estimate of drug-likeness (QED) is 0.778. The van der Waals surface area contributed by atoms with E-state index in [-0.39, 0.29) is 12.4 Å². The van der Waals surface area contributed by atoms with Gasteiger partial charge in [0.1, 0.15) is 11.2 Å². The van der Waals surface area contributed by atoms with E-state index in [4.69, 9.17) is 5.73 Å². The number of rotatable bonds is 1. The molecule has 1 amide bonds. The number of thiophene rings is 1. The molecule has 2 N–H and O–H groups in total. The van der Waals surface area contributed by atoms with Gasteiger partial charge in [-0.2, -0.15) is 0 Å². The van der Waals surface area contributed by atoms with Crippen molar-refractivity contribution in [2.24, 2.45) is 5.73 Å². The van der Waals surface area contributed by atoms with Gasteiger partial charge in [-0.1, -0.05) is 0 Å². The first-order valence-corrected chi connectivity index (χ1v) is 4.08. The smallest absolute Gasteiger partial charge is 0.258 e. The van der Waals surface area contributed by atoms with Crippen molar-refractivity contribution in [3.63, 3.8) is 0 Å². The van der Waals surface area contributed by atoms with Gasteiger partial charge in [0.15, 0.2) is 0 Å². The van der Waals surface area contributed by atoms with E-state index >= 15 is 0 Å². The fraction of sp³-hybridized carbons (Fsp3) is 0. The SMILES string of the molecule is Cl.NC(=O)c1cc2cncnc2s1. The van der Waals surface area contributed by atoms with Crippen LogP contribution in [0.3, 0.4) is 0 Å². The summed E-state index contributed by atoms with van der Waals surface area (Å²) in [6.07, 6.45) is 3.11.